The maximum Gasteiger partial charge on any atom is 0.251 e. The first-order valence-corrected chi connectivity index (χ1v) is 6.64. The van der Waals surface area contributed by atoms with E-state index in [-0.39, 0.29) is 5.91 Å². The van der Waals surface area contributed by atoms with Crippen LogP contribution in [0.1, 0.15) is 28.8 Å². The summed E-state index contributed by atoms with van der Waals surface area (Å²) in [5.41, 5.74) is 1.92. The summed E-state index contributed by atoms with van der Waals surface area (Å²) in [7, 11) is 0. The molecule has 0 spiro atoms. The van der Waals surface area contributed by atoms with Gasteiger partial charge in [0.25, 0.3) is 5.91 Å². The van der Waals surface area contributed by atoms with Crippen molar-refractivity contribution in [3.05, 3.63) is 41.8 Å². The monoisotopic (exact) mass is 245 g/mol. The van der Waals surface area contributed by atoms with Crippen molar-refractivity contribution in [2.24, 2.45) is 0 Å². The number of rotatable bonds is 5. The van der Waals surface area contributed by atoms with E-state index in [9.17, 15) is 4.79 Å². The van der Waals surface area contributed by atoms with Crippen LogP contribution in [-0.2, 0) is 0 Å². The Morgan fingerprint density at radius 3 is 2.78 bits per heavy atom. The van der Waals surface area contributed by atoms with Gasteiger partial charge in [-0.1, -0.05) is 17.7 Å². The van der Waals surface area contributed by atoms with Gasteiger partial charge in [-0.05, 0) is 51.4 Å². The zero-order valence-corrected chi connectivity index (χ0v) is 11.0. The standard InChI is InChI=1S/C15H21N2O/c1-13-5-7-14(8-6-13)15(18)16-9-4-12-17-10-2-3-11-17/h2,5-8H,3-4,9-12H2,1H3,(H,16,18). The molecule has 1 saturated heterocycles. The van der Waals surface area contributed by atoms with E-state index in [0.29, 0.717) is 0 Å². The molecular weight excluding hydrogens is 224 g/mol. The molecule has 1 aliphatic heterocycles. The molecule has 2 rings (SSSR count). The first kappa shape index (κ1) is 13.1. The highest BCUT2D eigenvalue weighted by atomic mass is 16.1. The maximum absolute atomic E-state index is 11.8. The molecule has 18 heavy (non-hydrogen) atoms. The molecule has 0 unspecified atom stereocenters. The molecule has 0 aliphatic carbocycles. The Morgan fingerprint density at radius 2 is 2.11 bits per heavy atom. The molecular formula is C15H21N2O. The summed E-state index contributed by atoms with van der Waals surface area (Å²) in [6.07, 6.45) is 4.53. The van der Waals surface area contributed by atoms with Crippen molar-refractivity contribution in [1.29, 1.82) is 0 Å². The summed E-state index contributed by atoms with van der Waals surface area (Å²) in [5, 5.41) is 2.97. The quantitative estimate of drug-likeness (QED) is 0.805. The van der Waals surface area contributed by atoms with Crippen LogP contribution in [0.5, 0.6) is 0 Å². The molecule has 3 nitrogen and oxygen atoms in total. The van der Waals surface area contributed by atoms with Crippen LogP contribution in [0.3, 0.4) is 0 Å². The Bertz CT molecular complexity index is 380. The molecule has 0 atom stereocenters. The number of carbonyl (C=O) groups excluding carboxylic acids is 1. The van der Waals surface area contributed by atoms with Crippen LogP contribution >= 0.6 is 0 Å². The molecule has 1 heterocycles. The van der Waals surface area contributed by atoms with E-state index in [1.165, 1.54) is 18.5 Å². The normalized spacial score (nSPS) is 15.8. The van der Waals surface area contributed by atoms with Crippen molar-refractivity contribution in [2.75, 3.05) is 26.2 Å². The third kappa shape index (κ3) is 3.84. The fraction of sp³-hybridized carbons (Fsp3) is 0.467. The molecule has 0 saturated carbocycles. The molecule has 0 bridgehead atoms. The number of carbonyl (C=O) groups is 1. The van der Waals surface area contributed by atoms with Gasteiger partial charge in [-0.25, -0.2) is 0 Å². The van der Waals surface area contributed by atoms with Gasteiger partial charge in [-0.15, -0.1) is 0 Å². The second kappa shape index (κ2) is 6.55. The van der Waals surface area contributed by atoms with E-state index in [1.807, 2.05) is 31.2 Å². The predicted molar refractivity (Wildman–Crippen MR) is 73.5 cm³/mol. The van der Waals surface area contributed by atoms with Crippen LogP contribution in [0.2, 0.25) is 0 Å². The summed E-state index contributed by atoms with van der Waals surface area (Å²) in [6, 6.07) is 7.68. The lowest BCUT2D eigenvalue weighted by Gasteiger charge is -2.14. The number of nitrogens with zero attached hydrogens (tertiary/aromatic N) is 1. The molecule has 3 heteroatoms. The first-order valence-electron chi connectivity index (χ1n) is 6.64. The third-order valence-corrected chi connectivity index (χ3v) is 3.29. The molecule has 1 fully saturated rings. The van der Waals surface area contributed by atoms with Gasteiger partial charge < -0.3 is 10.2 Å². The Hall–Kier alpha value is -1.35. The number of hydrogen-bond acceptors (Lipinski definition) is 2. The molecule has 0 aromatic heterocycles. The van der Waals surface area contributed by atoms with E-state index in [0.717, 1.165) is 31.6 Å². The van der Waals surface area contributed by atoms with Crippen LogP contribution in [0.15, 0.2) is 24.3 Å². The molecule has 1 radical (unpaired) electrons. The molecule has 1 aliphatic rings. The summed E-state index contributed by atoms with van der Waals surface area (Å²) in [5.74, 6) is 0.0305. The number of likely N-dealkylation sites (tertiary alicyclic amines) is 1. The lowest BCUT2D eigenvalue weighted by atomic mass is 10.1. The number of aryl methyl sites for hydroxylation is 1. The number of benzene rings is 1. The van der Waals surface area contributed by atoms with Gasteiger partial charge in [0.05, 0.1) is 0 Å². The van der Waals surface area contributed by atoms with E-state index in [2.05, 4.69) is 16.6 Å². The molecule has 97 valence electrons. The van der Waals surface area contributed by atoms with E-state index < -0.39 is 0 Å². The van der Waals surface area contributed by atoms with Crippen molar-refractivity contribution in [3.63, 3.8) is 0 Å². The highest BCUT2D eigenvalue weighted by Gasteiger charge is 2.11. The average Bonchev–Trinajstić information content (AvgIpc) is 2.88. The Kier molecular flexibility index (Phi) is 4.76. The van der Waals surface area contributed by atoms with Gasteiger partial charge in [0, 0.05) is 18.7 Å². The average molecular weight is 245 g/mol. The first-order chi connectivity index (χ1) is 8.75. The fourth-order valence-electron chi connectivity index (χ4n) is 2.15. The minimum absolute atomic E-state index is 0.0305. The van der Waals surface area contributed by atoms with Crippen LogP contribution in [-0.4, -0.2) is 37.0 Å². The summed E-state index contributed by atoms with van der Waals surface area (Å²) in [6.45, 7) is 6.13. The maximum atomic E-state index is 11.8. The van der Waals surface area contributed by atoms with Crippen molar-refractivity contribution in [2.45, 2.75) is 19.8 Å². The van der Waals surface area contributed by atoms with Gasteiger partial charge in [-0.2, -0.15) is 0 Å². The SMILES string of the molecule is Cc1ccc(C(=O)NCCCN2C[CH]CC2)cc1. The van der Waals surface area contributed by atoms with Crippen molar-refractivity contribution < 1.29 is 4.79 Å². The molecule has 1 aromatic rings. The largest absolute Gasteiger partial charge is 0.352 e. The van der Waals surface area contributed by atoms with Crippen LogP contribution in [0, 0.1) is 13.3 Å². The van der Waals surface area contributed by atoms with Crippen molar-refractivity contribution in [1.82, 2.24) is 10.2 Å². The summed E-state index contributed by atoms with van der Waals surface area (Å²) in [4.78, 5) is 14.2. The van der Waals surface area contributed by atoms with E-state index in [1.54, 1.807) is 0 Å². The second-order valence-corrected chi connectivity index (χ2v) is 4.85. The topological polar surface area (TPSA) is 32.3 Å². The van der Waals surface area contributed by atoms with Crippen LogP contribution in [0.4, 0.5) is 0 Å². The zero-order valence-electron chi connectivity index (χ0n) is 11.0. The van der Waals surface area contributed by atoms with E-state index >= 15 is 0 Å². The van der Waals surface area contributed by atoms with E-state index in [4.69, 9.17) is 0 Å². The Morgan fingerprint density at radius 1 is 1.33 bits per heavy atom. The molecule has 1 amide bonds. The Labute approximate surface area is 109 Å². The summed E-state index contributed by atoms with van der Waals surface area (Å²) < 4.78 is 0. The minimum atomic E-state index is 0.0305. The van der Waals surface area contributed by atoms with Crippen molar-refractivity contribution >= 4 is 5.91 Å². The van der Waals surface area contributed by atoms with Crippen LogP contribution in [0.25, 0.3) is 0 Å². The molecule has 1 aromatic carbocycles. The zero-order chi connectivity index (χ0) is 12.8. The van der Waals surface area contributed by atoms with Gasteiger partial charge in [-0.3, -0.25) is 4.79 Å². The van der Waals surface area contributed by atoms with Gasteiger partial charge in [0.15, 0.2) is 0 Å². The lowest BCUT2D eigenvalue weighted by molar-refractivity contribution is 0.0952. The highest BCUT2D eigenvalue weighted by Crippen LogP contribution is 2.06. The summed E-state index contributed by atoms with van der Waals surface area (Å²) >= 11 is 0. The smallest absolute Gasteiger partial charge is 0.251 e. The fourth-order valence-corrected chi connectivity index (χ4v) is 2.15. The van der Waals surface area contributed by atoms with Gasteiger partial charge >= 0.3 is 0 Å². The lowest BCUT2D eigenvalue weighted by Crippen LogP contribution is -2.28. The number of nitrogens with one attached hydrogen (secondary N) is 1. The van der Waals surface area contributed by atoms with Gasteiger partial charge in [0.1, 0.15) is 0 Å². The Balaban J connectivity index is 1.66. The van der Waals surface area contributed by atoms with Crippen molar-refractivity contribution in [3.8, 4) is 0 Å². The molecule has 1 N–H and O–H groups in total. The van der Waals surface area contributed by atoms with Crippen LogP contribution < -0.4 is 5.32 Å². The van der Waals surface area contributed by atoms with Gasteiger partial charge in [0.2, 0.25) is 0 Å². The third-order valence-electron chi connectivity index (χ3n) is 3.29. The minimum Gasteiger partial charge on any atom is -0.352 e. The highest BCUT2D eigenvalue weighted by molar-refractivity contribution is 5.94. The number of hydrogen-bond donors (Lipinski definition) is 1. The predicted octanol–water partition coefficient (Wildman–Crippen LogP) is 2.02. The number of amides is 1. The second-order valence-electron chi connectivity index (χ2n) is 4.85.